The number of nitrogens with one attached hydrogen (secondary N) is 2. The summed E-state index contributed by atoms with van der Waals surface area (Å²) in [4.78, 5) is 16.2. The van der Waals surface area contributed by atoms with Gasteiger partial charge in [0.15, 0.2) is 0 Å². The van der Waals surface area contributed by atoms with Crippen molar-refractivity contribution >= 4 is 27.7 Å². The molecule has 6 heteroatoms. The lowest BCUT2D eigenvalue weighted by Gasteiger charge is -2.08. The fourth-order valence-electron chi connectivity index (χ4n) is 1.48. The van der Waals surface area contributed by atoms with Crippen molar-refractivity contribution in [2.75, 3.05) is 12.4 Å². The first kappa shape index (κ1) is 12.6. The van der Waals surface area contributed by atoms with Crippen LogP contribution in [-0.2, 0) is 6.54 Å². The molecule has 0 atom stereocenters. The van der Waals surface area contributed by atoms with Gasteiger partial charge in [0.25, 0.3) is 5.91 Å². The van der Waals surface area contributed by atoms with Crippen LogP contribution in [0.5, 0.6) is 0 Å². The predicted molar refractivity (Wildman–Crippen MR) is 71.4 cm³/mol. The van der Waals surface area contributed by atoms with Crippen LogP contribution in [0.3, 0.4) is 0 Å². The normalized spacial score (nSPS) is 10.1. The molecule has 2 aromatic rings. The molecule has 0 spiro atoms. The topological polar surface area (TPSA) is 67.2 Å². The number of nitrogens with zero attached hydrogens (tertiary/aromatic N) is 1. The molecule has 2 aromatic heterocycles. The maximum Gasteiger partial charge on any atom is 0.255 e. The smallest absolute Gasteiger partial charge is 0.255 e. The lowest BCUT2D eigenvalue weighted by Crippen LogP contribution is -2.23. The Labute approximate surface area is 113 Å². The summed E-state index contributed by atoms with van der Waals surface area (Å²) in [5.41, 5.74) is 1.41. The molecule has 2 N–H and O–H groups in total. The zero-order valence-corrected chi connectivity index (χ0v) is 11.3. The largest absolute Gasteiger partial charge is 0.472 e. The van der Waals surface area contributed by atoms with E-state index in [0.717, 1.165) is 10.0 Å². The monoisotopic (exact) mass is 309 g/mol. The Kier molecular flexibility index (Phi) is 3.99. The first-order valence-electron chi connectivity index (χ1n) is 5.33. The third-order valence-corrected chi connectivity index (χ3v) is 2.80. The van der Waals surface area contributed by atoms with Gasteiger partial charge in [0.05, 0.1) is 18.1 Å². The average Bonchev–Trinajstić information content (AvgIpc) is 2.89. The van der Waals surface area contributed by atoms with Crippen LogP contribution < -0.4 is 10.6 Å². The lowest BCUT2D eigenvalue weighted by molar-refractivity contribution is 0.0951. The Balaban J connectivity index is 2.10. The number of carbonyl (C=O) groups excluding carboxylic acids is 1. The van der Waals surface area contributed by atoms with Gasteiger partial charge >= 0.3 is 0 Å². The molecule has 0 radical (unpaired) electrons. The van der Waals surface area contributed by atoms with E-state index in [2.05, 4.69) is 31.5 Å². The third-order valence-electron chi connectivity index (χ3n) is 2.37. The molecule has 0 fully saturated rings. The number of rotatable bonds is 4. The highest BCUT2D eigenvalue weighted by molar-refractivity contribution is 9.10. The van der Waals surface area contributed by atoms with Crippen molar-refractivity contribution in [3.8, 4) is 0 Å². The van der Waals surface area contributed by atoms with Crippen LogP contribution in [0.15, 0.2) is 39.7 Å². The van der Waals surface area contributed by atoms with Gasteiger partial charge in [-0.25, -0.2) is 4.98 Å². The molecule has 0 aromatic carbocycles. The first-order valence-corrected chi connectivity index (χ1v) is 6.12. The highest BCUT2D eigenvalue weighted by Crippen LogP contribution is 2.17. The van der Waals surface area contributed by atoms with Crippen molar-refractivity contribution in [3.05, 3.63) is 46.5 Å². The molecule has 0 aliphatic carbocycles. The van der Waals surface area contributed by atoms with E-state index in [-0.39, 0.29) is 5.91 Å². The van der Waals surface area contributed by atoms with Crippen LogP contribution in [0.25, 0.3) is 0 Å². The molecule has 0 saturated heterocycles. The van der Waals surface area contributed by atoms with Gasteiger partial charge in [0.2, 0.25) is 0 Å². The molecule has 0 saturated carbocycles. The number of amides is 1. The van der Waals surface area contributed by atoms with Crippen molar-refractivity contribution in [2.24, 2.45) is 0 Å². The fourth-order valence-corrected chi connectivity index (χ4v) is 1.81. The van der Waals surface area contributed by atoms with E-state index in [1.54, 1.807) is 37.9 Å². The SMILES string of the molecule is CNc1ncc(Br)cc1C(=O)NCc1ccoc1. The second-order valence-electron chi connectivity index (χ2n) is 3.61. The number of pyridine rings is 1. The van der Waals surface area contributed by atoms with Crippen molar-refractivity contribution < 1.29 is 9.21 Å². The second kappa shape index (κ2) is 5.68. The van der Waals surface area contributed by atoms with Gasteiger partial charge in [-0.05, 0) is 28.1 Å². The molecule has 0 aliphatic heterocycles. The zero-order valence-electron chi connectivity index (χ0n) is 9.74. The zero-order chi connectivity index (χ0) is 13.0. The standard InChI is InChI=1S/C12H12BrN3O2/c1-14-11-10(4-9(13)6-15-11)12(17)16-5-8-2-3-18-7-8/h2-4,6-7H,5H2,1H3,(H,14,15)(H,16,17). The van der Waals surface area contributed by atoms with E-state index >= 15 is 0 Å². The summed E-state index contributed by atoms with van der Waals surface area (Å²) in [5.74, 6) is 0.359. The Morgan fingerprint density at radius 2 is 2.39 bits per heavy atom. The number of halogens is 1. The van der Waals surface area contributed by atoms with Crippen molar-refractivity contribution in [2.45, 2.75) is 6.54 Å². The van der Waals surface area contributed by atoms with Crippen LogP contribution in [0.1, 0.15) is 15.9 Å². The number of anilines is 1. The molecular formula is C12H12BrN3O2. The Morgan fingerprint density at radius 3 is 3.06 bits per heavy atom. The van der Waals surface area contributed by atoms with Gasteiger partial charge < -0.3 is 15.1 Å². The first-order chi connectivity index (χ1) is 8.70. The van der Waals surface area contributed by atoms with E-state index in [1.807, 2.05) is 0 Å². The predicted octanol–water partition coefficient (Wildman–Crippen LogP) is 2.41. The molecule has 0 unspecified atom stereocenters. The molecule has 18 heavy (non-hydrogen) atoms. The average molecular weight is 310 g/mol. The van der Waals surface area contributed by atoms with Crippen LogP contribution in [-0.4, -0.2) is 17.9 Å². The maximum atomic E-state index is 12.0. The van der Waals surface area contributed by atoms with Gasteiger partial charge in [0, 0.05) is 29.8 Å². The van der Waals surface area contributed by atoms with Gasteiger partial charge in [-0.1, -0.05) is 0 Å². The molecule has 1 amide bonds. The highest BCUT2D eigenvalue weighted by Gasteiger charge is 2.12. The van der Waals surface area contributed by atoms with Crippen molar-refractivity contribution in [1.82, 2.24) is 10.3 Å². The summed E-state index contributed by atoms with van der Waals surface area (Å²) < 4.78 is 5.69. The molecule has 0 bridgehead atoms. The molecular weight excluding hydrogens is 298 g/mol. The van der Waals surface area contributed by atoms with E-state index in [4.69, 9.17) is 4.42 Å². The minimum absolute atomic E-state index is 0.186. The summed E-state index contributed by atoms with van der Waals surface area (Å²) >= 11 is 3.30. The third kappa shape index (κ3) is 2.89. The van der Waals surface area contributed by atoms with Gasteiger partial charge in [-0.3, -0.25) is 4.79 Å². The minimum Gasteiger partial charge on any atom is -0.472 e. The van der Waals surface area contributed by atoms with E-state index < -0.39 is 0 Å². The summed E-state index contributed by atoms with van der Waals surface area (Å²) in [6.07, 6.45) is 4.80. The quantitative estimate of drug-likeness (QED) is 0.910. The van der Waals surface area contributed by atoms with Gasteiger partial charge in [-0.15, -0.1) is 0 Å². The maximum absolute atomic E-state index is 12.0. The van der Waals surface area contributed by atoms with Gasteiger partial charge in [-0.2, -0.15) is 0 Å². The summed E-state index contributed by atoms with van der Waals surface area (Å²) in [6.45, 7) is 0.422. The molecule has 2 heterocycles. The Morgan fingerprint density at radius 1 is 1.56 bits per heavy atom. The number of furan rings is 1. The molecule has 5 nitrogen and oxygen atoms in total. The molecule has 0 aliphatic rings. The Hall–Kier alpha value is -1.82. The number of hydrogen-bond donors (Lipinski definition) is 2. The number of carbonyl (C=O) groups is 1. The second-order valence-corrected chi connectivity index (χ2v) is 4.53. The van der Waals surface area contributed by atoms with Crippen LogP contribution in [0.4, 0.5) is 5.82 Å². The lowest BCUT2D eigenvalue weighted by atomic mass is 10.2. The Bertz CT molecular complexity index is 540. The fraction of sp³-hybridized carbons (Fsp3) is 0.167. The number of aromatic nitrogens is 1. The highest BCUT2D eigenvalue weighted by atomic mass is 79.9. The molecule has 94 valence electrons. The van der Waals surface area contributed by atoms with Gasteiger partial charge in [0.1, 0.15) is 5.82 Å². The van der Waals surface area contributed by atoms with E-state index in [9.17, 15) is 4.79 Å². The van der Waals surface area contributed by atoms with E-state index in [0.29, 0.717) is 17.9 Å². The van der Waals surface area contributed by atoms with Crippen molar-refractivity contribution in [3.63, 3.8) is 0 Å². The van der Waals surface area contributed by atoms with Crippen LogP contribution in [0, 0.1) is 0 Å². The summed E-state index contributed by atoms with van der Waals surface area (Å²) in [6, 6.07) is 3.53. The van der Waals surface area contributed by atoms with Crippen LogP contribution >= 0.6 is 15.9 Å². The van der Waals surface area contributed by atoms with Crippen molar-refractivity contribution in [1.29, 1.82) is 0 Å². The molecule has 2 rings (SSSR count). The number of hydrogen-bond acceptors (Lipinski definition) is 4. The summed E-state index contributed by atoms with van der Waals surface area (Å²) in [5, 5.41) is 5.69. The summed E-state index contributed by atoms with van der Waals surface area (Å²) in [7, 11) is 1.73. The van der Waals surface area contributed by atoms with Crippen LogP contribution in [0.2, 0.25) is 0 Å². The minimum atomic E-state index is -0.186. The van der Waals surface area contributed by atoms with E-state index in [1.165, 1.54) is 0 Å².